The van der Waals surface area contributed by atoms with Gasteiger partial charge in [0.1, 0.15) is 0 Å². The van der Waals surface area contributed by atoms with Crippen LogP contribution in [-0.2, 0) is 9.59 Å². The van der Waals surface area contributed by atoms with Crippen molar-refractivity contribution in [3.63, 3.8) is 0 Å². The molecule has 3 aromatic carbocycles. The van der Waals surface area contributed by atoms with Gasteiger partial charge in [0, 0.05) is 16.8 Å². The number of nitrogens with one attached hydrogen (secondary N) is 2. The predicted octanol–water partition coefficient (Wildman–Crippen LogP) is 3.29. The van der Waals surface area contributed by atoms with Crippen LogP contribution < -0.4 is 10.6 Å². The van der Waals surface area contributed by atoms with Crippen molar-refractivity contribution in [2.75, 3.05) is 10.6 Å². The van der Waals surface area contributed by atoms with Crippen molar-refractivity contribution >= 4 is 34.0 Å². The Morgan fingerprint density at radius 3 is 2.21 bits per heavy atom. The minimum absolute atomic E-state index is 0.451. The fourth-order valence-corrected chi connectivity index (χ4v) is 2.33. The molecule has 24 heavy (non-hydrogen) atoms. The molecule has 0 spiro atoms. The standard InChI is InChI=1S/C19H13N3O2/c20-12-13-8-10-15(11-9-13)21-18(23)19(24)22-17-7-3-5-14-4-1-2-6-16(14)17/h1-11H,(H,21,23)(H,22,24). The van der Waals surface area contributed by atoms with E-state index < -0.39 is 11.8 Å². The highest BCUT2D eigenvalue weighted by molar-refractivity contribution is 6.44. The Morgan fingerprint density at radius 2 is 1.46 bits per heavy atom. The minimum Gasteiger partial charge on any atom is -0.318 e. The summed E-state index contributed by atoms with van der Waals surface area (Å²) in [4.78, 5) is 24.1. The molecule has 3 rings (SSSR count). The maximum absolute atomic E-state index is 12.1. The van der Waals surface area contributed by atoms with Gasteiger partial charge >= 0.3 is 11.8 Å². The van der Waals surface area contributed by atoms with Crippen LogP contribution >= 0.6 is 0 Å². The number of carbonyl (C=O) groups is 2. The Balaban J connectivity index is 1.74. The quantitative estimate of drug-likeness (QED) is 0.712. The normalized spacial score (nSPS) is 9.96. The molecule has 0 atom stereocenters. The summed E-state index contributed by atoms with van der Waals surface area (Å²) in [6, 6.07) is 21.3. The first kappa shape index (κ1) is 15.3. The van der Waals surface area contributed by atoms with Gasteiger partial charge in [-0.3, -0.25) is 9.59 Å². The van der Waals surface area contributed by atoms with Gasteiger partial charge in [-0.25, -0.2) is 0 Å². The average Bonchev–Trinajstić information content (AvgIpc) is 2.62. The van der Waals surface area contributed by atoms with E-state index in [1.807, 2.05) is 42.5 Å². The van der Waals surface area contributed by atoms with Crippen molar-refractivity contribution in [2.45, 2.75) is 0 Å². The predicted molar refractivity (Wildman–Crippen MR) is 92.4 cm³/mol. The van der Waals surface area contributed by atoms with Crippen molar-refractivity contribution in [3.05, 3.63) is 72.3 Å². The number of anilines is 2. The highest BCUT2D eigenvalue weighted by atomic mass is 16.2. The SMILES string of the molecule is N#Cc1ccc(NC(=O)C(=O)Nc2cccc3ccccc23)cc1. The van der Waals surface area contributed by atoms with Crippen molar-refractivity contribution < 1.29 is 9.59 Å². The van der Waals surface area contributed by atoms with Gasteiger partial charge in [-0.05, 0) is 35.7 Å². The van der Waals surface area contributed by atoms with Crippen LogP contribution in [0.2, 0.25) is 0 Å². The summed E-state index contributed by atoms with van der Waals surface area (Å²) in [7, 11) is 0. The van der Waals surface area contributed by atoms with Gasteiger partial charge in [-0.2, -0.15) is 5.26 Å². The first-order valence-corrected chi connectivity index (χ1v) is 7.27. The second-order valence-electron chi connectivity index (χ2n) is 5.12. The van der Waals surface area contributed by atoms with Gasteiger partial charge in [0.05, 0.1) is 11.6 Å². The molecule has 0 aliphatic rings. The largest absolute Gasteiger partial charge is 0.318 e. The van der Waals surface area contributed by atoms with Crippen LogP contribution in [0.15, 0.2) is 66.7 Å². The number of nitrogens with zero attached hydrogens (tertiary/aromatic N) is 1. The maximum Gasteiger partial charge on any atom is 0.314 e. The van der Waals surface area contributed by atoms with E-state index in [1.54, 1.807) is 30.3 Å². The summed E-state index contributed by atoms with van der Waals surface area (Å²) in [5.41, 5.74) is 1.51. The molecular weight excluding hydrogens is 302 g/mol. The van der Waals surface area contributed by atoms with E-state index in [0.717, 1.165) is 10.8 Å². The molecule has 0 fully saturated rings. The first-order chi connectivity index (χ1) is 11.7. The zero-order valence-corrected chi connectivity index (χ0v) is 12.6. The van der Waals surface area contributed by atoms with E-state index in [0.29, 0.717) is 16.9 Å². The topological polar surface area (TPSA) is 82.0 Å². The van der Waals surface area contributed by atoms with Crippen molar-refractivity contribution in [3.8, 4) is 6.07 Å². The number of carbonyl (C=O) groups excluding carboxylic acids is 2. The van der Waals surface area contributed by atoms with Crippen LogP contribution in [0.3, 0.4) is 0 Å². The molecule has 0 bridgehead atoms. The molecule has 5 nitrogen and oxygen atoms in total. The van der Waals surface area contributed by atoms with Gasteiger partial charge in [0.15, 0.2) is 0 Å². The zero-order chi connectivity index (χ0) is 16.9. The second-order valence-corrected chi connectivity index (χ2v) is 5.12. The van der Waals surface area contributed by atoms with Crippen LogP contribution in [0.1, 0.15) is 5.56 Å². The number of hydrogen-bond donors (Lipinski definition) is 2. The number of nitriles is 1. The van der Waals surface area contributed by atoms with E-state index >= 15 is 0 Å². The summed E-state index contributed by atoms with van der Waals surface area (Å²) >= 11 is 0. The summed E-state index contributed by atoms with van der Waals surface area (Å²) in [5, 5.41) is 15.7. The van der Waals surface area contributed by atoms with Crippen molar-refractivity contribution in [2.24, 2.45) is 0 Å². The molecule has 3 aromatic rings. The van der Waals surface area contributed by atoms with Crippen LogP contribution in [0, 0.1) is 11.3 Å². The second kappa shape index (κ2) is 6.63. The average molecular weight is 315 g/mol. The Labute approximate surface area is 138 Å². The van der Waals surface area contributed by atoms with Gasteiger partial charge in [0.25, 0.3) is 0 Å². The van der Waals surface area contributed by atoms with E-state index in [1.165, 1.54) is 0 Å². The molecule has 0 aliphatic carbocycles. The number of amides is 2. The molecular formula is C19H13N3O2. The van der Waals surface area contributed by atoms with Crippen LogP contribution in [-0.4, -0.2) is 11.8 Å². The third kappa shape index (κ3) is 3.23. The molecule has 2 N–H and O–H groups in total. The molecule has 0 radical (unpaired) electrons. The molecule has 0 heterocycles. The fourth-order valence-electron chi connectivity index (χ4n) is 2.33. The van der Waals surface area contributed by atoms with Crippen LogP contribution in [0.5, 0.6) is 0 Å². The molecule has 0 saturated heterocycles. The molecule has 2 amide bonds. The van der Waals surface area contributed by atoms with Gasteiger partial charge < -0.3 is 10.6 Å². The molecule has 5 heteroatoms. The summed E-state index contributed by atoms with van der Waals surface area (Å²) in [6.07, 6.45) is 0. The number of fused-ring (bicyclic) bond motifs is 1. The highest BCUT2D eigenvalue weighted by Gasteiger charge is 2.15. The van der Waals surface area contributed by atoms with Crippen molar-refractivity contribution in [1.29, 1.82) is 5.26 Å². The lowest BCUT2D eigenvalue weighted by atomic mass is 10.1. The fraction of sp³-hybridized carbons (Fsp3) is 0. The monoisotopic (exact) mass is 315 g/mol. The summed E-state index contributed by atoms with van der Waals surface area (Å²) in [5.74, 6) is -1.52. The first-order valence-electron chi connectivity index (χ1n) is 7.27. The van der Waals surface area contributed by atoms with E-state index in [9.17, 15) is 9.59 Å². The molecule has 0 aromatic heterocycles. The zero-order valence-electron chi connectivity index (χ0n) is 12.6. The van der Waals surface area contributed by atoms with Crippen LogP contribution in [0.4, 0.5) is 11.4 Å². The lowest BCUT2D eigenvalue weighted by Gasteiger charge is -2.09. The van der Waals surface area contributed by atoms with Gasteiger partial charge in [-0.15, -0.1) is 0 Å². The summed E-state index contributed by atoms with van der Waals surface area (Å²) < 4.78 is 0. The summed E-state index contributed by atoms with van der Waals surface area (Å²) in [6.45, 7) is 0. The van der Waals surface area contributed by atoms with Crippen LogP contribution in [0.25, 0.3) is 10.8 Å². The van der Waals surface area contributed by atoms with Crippen molar-refractivity contribution in [1.82, 2.24) is 0 Å². The number of benzene rings is 3. The van der Waals surface area contributed by atoms with E-state index in [4.69, 9.17) is 5.26 Å². The Kier molecular flexibility index (Phi) is 4.21. The number of hydrogen-bond acceptors (Lipinski definition) is 3. The lowest BCUT2D eigenvalue weighted by molar-refractivity contribution is -0.132. The van der Waals surface area contributed by atoms with E-state index in [-0.39, 0.29) is 0 Å². The minimum atomic E-state index is -0.771. The maximum atomic E-state index is 12.1. The number of rotatable bonds is 2. The lowest BCUT2D eigenvalue weighted by Crippen LogP contribution is -2.29. The molecule has 0 aliphatic heterocycles. The van der Waals surface area contributed by atoms with E-state index in [2.05, 4.69) is 10.6 Å². The molecule has 0 saturated carbocycles. The Hall–Kier alpha value is -3.65. The van der Waals surface area contributed by atoms with Gasteiger partial charge in [-0.1, -0.05) is 36.4 Å². The Morgan fingerprint density at radius 1 is 0.792 bits per heavy atom. The third-order valence-electron chi connectivity index (χ3n) is 3.52. The third-order valence-corrected chi connectivity index (χ3v) is 3.52. The molecule has 0 unspecified atom stereocenters. The smallest absolute Gasteiger partial charge is 0.314 e. The van der Waals surface area contributed by atoms with Gasteiger partial charge in [0.2, 0.25) is 0 Å². The highest BCUT2D eigenvalue weighted by Crippen LogP contribution is 2.22. The molecule has 116 valence electrons. The Bertz CT molecular complexity index is 951.